The van der Waals surface area contributed by atoms with Crippen molar-refractivity contribution >= 4 is 11.9 Å². The summed E-state index contributed by atoms with van der Waals surface area (Å²) >= 11 is 0. The van der Waals surface area contributed by atoms with Gasteiger partial charge in [0, 0.05) is 16.7 Å². The minimum atomic E-state index is -0.721. The van der Waals surface area contributed by atoms with Crippen LogP contribution in [0.3, 0.4) is 0 Å². The van der Waals surface area contributed by atoms with Gasteiger partial charge in [-0.05, 0) is 60.9 Å². The molecule has 178 valence electrons. The molecular formula is C28H22F2O5. The Labute approximate surface area is 201 Å². The van der Waals surface area contributed by atoms with E-state index in [1.165, 1.54) is 25.1 Å². The van der Waals surface area contributed by atoms with Gasteiger partial charge in [0.2, 0.25) is 0 Å². The average molecular weight is 476 g/mol. The molecule has 0 aromatic heterocycles. The molecule has 0 spiro atoms. The standard InChI is InChI=1S/C28H22F2O5/c1-17(2)27(31)34-14-13-33-26-12-8-21(16-25(26)30)23-11-7-20(15-24(23)29)19-5-9-22(10-6-19)35-28(32)18(3)4/h5-16H,1,3H2,2,4H3. The second-order valence-electron chi connectivity index (χ2n) is 7.61. The van der Waals surface area contributed by atoms with E-state index in [4.69, 9.17) is 14.2 Å². The summed E-state index contributed by atoms with van der Waals surface area (Å²) in [5.74, 6) is -2.20. The van der Waals surface area contributed by atoms with Crippen molar-refractivity contribution in [3.05, 3.63) is 109 Å². The van der Waals surface area contributed by atoms with Gasteiger partial charge in [-0.15, -0.1) is 0 Å². The van der Waals surface area contributed by atoms with Crippen molar-refractivity contribution < 1.29 is 32.6 Å². The van der Waals surface area contributed by atoms with Crippen molar-refractivity contribution in [2.75, 3.05) is 0 Å². The molecule has 0 fully saturated rings. The lowest BCUT2D eigenvalue weighted by atomic mass is 9.99. The van der Waals surface area contributed by atoms with E-state index in [2.05, 4.69) is 13.2 Å². The molecule has 0 bridgehead atoms. The molecule has 0 atom stereocenters. The lowest BCUT2D eigenvalue weighted by Crippen LogP contribution is -2.07. The van der Waals surface area contributed by atoms with Gasteiger partial charge in [0.15, 0.2) is 11.6 Å². The molecule has 0 N–H and O–H groups in total. The second-order valence-corrected chi connectivity index (χ2v) is 7.61. The number of esters is 2. The van der Waals surface area contributed by atoms with Crippen LogP contribution in [0, 0.1) is 11.6 Å². The van der Waals surface area contributed by atoms with Crippen LogP contribution in [0.2, 0.25) is 0 Å². The fourth-order valence-electron chi connectivity index (χ4n) is 2.89. The summed E-state index contributed by atoms with van der Waals surface area (Å²) in [6.45, 7) is 10.00. The van der Waals surface area contributed by atoms with Crippen molar-refractivity contribution in [2.45, 2.75) is 13.8 Å². The Hall–Kier alpha value is -4.52. The van der Waals surface area contributed by atoms with Crippen LogP contribution in [0.25, 0.3) is 22.3 Å². The van der Waals surface area contributed by atoms with Crippen molar-refractivity contribution in [2.24, 2.45) is 0 Å². The predicted molar refractivity (Wildman–Crippen MR) is 128 cm³/mol. The number of carbonyl (C=O) groups excluding carboxylic acids is 2. The minimum absolute atomic E-state index is 0.124. The third-order valence-corrected chi connectivity index (χ3v) is 4.73. The third-order valence-electron chi connectivity index (χ3n) is 4.73. The molecule has 0 saturated heterocycles. The van der Waals surface area contributed by atoms with Crippen molar-refractivity contribution in [3.63, 3.8) is 0 Å². The maximum atomic E-state index is 14.9. The molecule has 7 heteroatoms. The van der Waals surface area contributed by atoms with E-state index in [0.29, 0.717) is 22.4 Å². The quantitative estimate of drug-likeness (QED) is 0.156. The number of halogens is 2. The number of benzene rings is 3. The third kappa shape index (κ3) is 6.51. The van der Waals surface area contributed by atoms with Gasteiger partial charge in [0.05, 0.1) is 0 Å². The second kappa shape index (κ2) is 11.1. The Morgan fingerprint density at radius 1 is 0.743 bits per heavy atom. The zero-order valence-electron chi connectivity index (χ0n) is 19.1. The summed E-state index contributed by atoms with van der Waals surface area (Å²) in [7, 11) is 0. The Morgan fingerprint density at radius 2 is 1.34 bits per heavy atom. The first-order valence-electron chi connectivity index (χ1n) is 10.4. The highest BCUT2D eigenvalue weighted by Gasteiger charge is 2.12. The number of carbonyl (C=O) groups is 2. The normalized spacial score (nSPS) is 10.6. The molecule has 0 unspecified atom stereocenters. The zero-order chi connectivity index (χ0) is 25.5. The average Bonchev–Trinajstić information content (AvgIpc) is 2.82. The summed E-state index contributed by atoms with van der Waals surface area (Å²) in [4.78, 5) is 22.9. The lowest BCUT2D eigenvalue weighted by molar-refractivity contribution is -0.133. The molecule has 0 aliphatic rings. The summed E-state index contributed by atoms with van der Waals surface area (Å²) in [6.07, 6.45) is 1.98. The van der Waals surface area contributed by atoms with Crippen LogP contribution < -0.4 is 9.47 Å². The molecular weight excluding hydrogens is 454 g/mol. The Bertz CT molecular complexity index is 1320. The van der Waals surface area contributed by atoms with Gasteiger partial charge in [0.1, 0.15) is 24.1 Å². The molecule has 3 aromatic carbocycles. The maximum Gasteiger partial charge on any atom is 0.338 e. The summed E-state index contributed by atoms with van der Waals surface area (Å²) in [5.41, 5.74) is 2.32. The van der Waals surface area contributed by atoms with Crippen LogP contribution in [0.4, 0.5) is 8.78 Å². The molecule has 3 rings (SSSR count). The van der Waals surface area contributed by atoms with Crippen LogP contribution in [-0.4, -0.2) is 11.9 Å². The van der Waals surface area contributed by atoms with Gasteiger partial charge in [-0.2, -0.15) is 0 Å². The predicted octanol–water partition coefficient (Wildman–Crippen LogP) is 6.75. The van der Waals surface area contributed by atoms with Crippen LogP contribution in [0.15, 0.2) is 97.5 Å². The highest BCUT2D eigenvalue weighted by atomic mass is 19.1. The topological polar surface area (TPSA) is 61.8 Å². The van der Waals surface area contributed by atoms with E-state index in [1.54, 1.807) is 43.3 Å². The molecule has 0 aliphatic carbocycles. The monoisotopic (exact) mass is 476 g/mol. The fraction of sp³-hybridized carbons (Fsp3) is 0.0714. The number of hydrogen-bond donors (Lipinski definition) is 0. The van der Waals surface area contributed by atoms with Gasteiger partial charge in [-0.25, -0.2) is 18.4 Å². The van der Waals surface area contributed by atoms with Gasteiger partial charge in [0.25, 0.3) is 0 Å². The van der Waals surface area contributed by atoms with Gasteiger partial charge in [-0.3, -0.25) is 0 Å². The smallest absolute Gasteiger partial charge is 0.338 e. The molecule has 0 saturated carbocycles. The van der Waals surface area contributed by atoms with Crippen molar-refractivity contribution in [3.8, 4) is 33.8 Å². The van der Waals surface area contributed by atoms with E-state index >= 15 is 0 Å². The molecule has 3 aromatic rings. The first kappa shape index (κ1) is 25.1. The first-order chi connectivity index (χ1) is 16.7. The Morgan fingerprint density at radius 3 is 1.94 bits per heavy atom. The molecule has 0 radical (unpaired) electrons. The minimum Gasteiger partial charge on any atom is -0.459 e. The van der Waals surface area contributed by atoms with E-state index in [9.17, 15) is 18.4 Å². The van der Waals surface area contributed by atoms with E-state index < -0.39 is 23.6 Å². The molecule has 5 nitrogen and oxygen atoms in total. The lowest BCUT2D eigenvalue weighted by Gasteiger charge is -2.09. The zero-order valence-corrected chi connectivity index (χ0v) is 19.1. The summed E-state index contributed by atoms with van der Waals surface area (Å²) in [5, 5.41) is 0. The van der Waals surface area contributed by atoms with E-state index in [-0.39, 0.29) is 22.5 Å². The van der Waals surface area contributed by atoms with Crippen LogP contribution in [0.5, 0.6) is 11.5 Å². The number of hydrogen-bond acceptors (Lipinski definition) is 5. The highest BCUT2D eigenvalue weighted by molar-refractivity contribution is 5.89. The Balaban J connectivity index is 1.72. The molecule has 0 aliphatic heterocycles. The molecule has 0 heterocycles. The number of ether oxygens (including phenoxy) is 3. The largest absolute Gasteiger partial charge is 0.459 e. The molecule has 35 heavy (non-hydrogen) atoms. The van der Waals surface area contributed by atoms with E-state index in [0.717, 1.165) is 18.6 Å². The summed E-state index contributed by atoms with van der Waals surface area (Å²) in [6, 6.07) is 15.2. The maximum absolute atomic E-state index is 14.9. The summed E-state index contributed by atoms with van der Waals surface area (Å²) < 4.78 is 44.3. The highest BCUT2D eigenvalue weighted by Crippen LogP contribution is 2.31. The number of rotatable bonds is 8. The fourth-order valence-corrected chi connectivity index (χ4v) is 2.89. The Kier molecular flexibility index (Phi) is 7.94. The van der Waals surface area contributed by atoms with Crippen molar-refractivity contribution in [1.29, 1.82) is 0 Å². The van der Waals surface area contributed by atoms with Gasteiger partial charge in [-0.1, -0.05) is 43.5 Å². The van der Waals surface area contributed by atoms with Gasteiger partial charge >= 0.3 is 11.9 Å². The molecule has 0 amide bonds. The SMILES string of the molecule is C=C(C)C(=O)OC=COc1ccc(-c2ccc(-c3ccc(OC(=O)C(=C)C)cc3)cc2F)cc1F. The van der Waals surface area contributed by atoms with Gasteiger partial charge < -0.3 is 14.2 Å². The van der Waals surface area contributed by atoms with Crippen LogP contribution in [0.1, 0.15) is 13.8 Å². The van der Waals surface area contributed by atoms with Crippen LogP contribution >= 0.6 is 0 Å². The van der Waals surface area contributed by atoms with Crippen LogP contribution in [-0.2, 0) is 14.3 Å². The van der Waals surface area contributed by atoms with E-state index in [1.807, 2.05) is 0 Å². The van der Waals surface area contributed by atoms with Crippen molar-refractivity contribution in [1.82, 2.24) is 0 Å². The first-order valence-corrected chi connectivity index (χ1v) is 10.4.